The van der Waals surface area contributed by atoms with E-state index in [2.05, 4.69) is 30.1 Å². The Balaban J connectivity index is 2.47. The van der Waals surface area contributed by atoms with Crippen molar-refractivity contribution in [3.05, 3.63) is 29.8 Å². The molecule has 0 unspecified atom stereocenters. The summed E-state index contributed by atoms with van der Waals surface area (Å²) in [6.45, 7) is 6.44. The molecule has 0 aliphatic heterocycles. The molecule has 0 atom stereocenters. The molecule has 1 aromatic carbocycles. The molecule has 19 heavy (non-hydrogen) atoms. The highest BCUT2D eigenvalue weighted by molar-refractivity contribution is 5.92. The van der Waals surface area contributed by atoms with Crippen LogP contribution in [0.1, 0.15) is 32.3 Å². The van der Waals surface area contributed by atoms with E-state index in [0.717, 1.165) is 31.6 Å². The van der Waals surface area contributed by atoms with Crippen LogP contribution in [0.3, 0.4) is 0 Å². The molecule has 0 saturated heterocycles. The minimum absolute atomic E-state index is 0.0114. The molecule has 1 amide bonds. The Morgan fingerprint density at radius 1 is 1.32 bits per heavy atom. The van der Waals surface area contributed by atoms with Crippen molar-refractivity contribution < 1.29 is 4.79 Å². The molecule has 0 fully saturated rings. The van der Waals surface area contributed by atoms with Gasteiger partial charge in [0.05, 0.1) is 18.2 Å². The van der Waals surface area contributed by atoms with Gasteiger partial charge in [-0.2, -0.15) is 5.26 Å². The number of hydrogen-bond donors (Lipinski definition) is 1. The molecule has 102 valence electrons. The number of nitrogens with zero attached hydrogens (tertiary/aromatic N) is 2. The third kappa shape index (κ3) is 5.54. The third-order valence-corrected chi connectivity index (χ3v) is 2.94. The topological polar surface area (TPSA) is 56.1 Å². The SMILES string of the molecule is CCCCN(CC)CC(=O)Nc1ccc(C#N)cc1. The fraction of sp³-hybridized carbons (Fsp3) is 0.467. The number of nitrogens with one attached hydrogen (secondary N) is 1. The lowest BCUT2D eigenvalue weighted by atomic mass is 10.2. The molecule has 4 heteroatoms. The molecule has 1 aromatic rings. The average molecular weight is 259 g/mol. The predicted molar refractivity (Wildman–Crippen MR) is 76.8 cm³/mol. The Labute approximate surface area is 115 Å². The van der Waals surface area contributed by atoms with Crippen molar-refractivity contribution >= 4 is 11.6 Å². The van der Waals surface area contributed by atoms with Crippen molar-refractivity contribution in [1.82, 2.24) is 4.90 Å². The summed E-state index contributed by atoms with van der Waals surface area (Å²) >= 11 is 0. The molecule has 0 spiro atoms. The molecule has 0 aliphatic carbocycles. The average Bonchev–Trinajstić information content (AvgIpc) is 2.44. The van der Waals surface area contributed by atoms with Crippen LogP contribution in [-0.4, -0.2) is 30.4 Å². The Bertz CT molecular complexity index is 434. The van der Waals surface area contributed by atoms with Gasteiger partial charge in [0.15, 0.2) is 0 Å². The molecule has 0 heterocycles. The Kier molecular flexibility index (Phi) is 6.62. The predicted octanol–water partition coefficient (Wildman–Crippen LogP) is 2.62. The monoisotopic (exact) mass is 259 g/mol. The highest BCUT2D eigenvalue weighted by Crippen LogP contribution is 2.08. The molecule has 1 N–H and O–H groups in total. The van der Waals surface area contributed by atoms with Crippen molar-refractivity contribution in [2.24, 2.45) is 0 Å². The fourth-order valence-electron chi connectivity index (χ4n) is 1.76. The molecule has 4 nitrogen and oxygen atoms in total. The van der Waals surface area contributed by atoms with Gasteiger partial charge in [-0.05, 0) is 43.8 Å². The number of nitriles is 1. The Morgan fingerprint density at radius 2 is 2.00 bits per heavy atom. The molecule has 0 saturated carbocycles. The summed E-state index contributed by atoms with van der Waals surface area (Å²) in [4.78, 5) is 14.0. The number of amides is 1. The summed E-state index contributed by atoms with van der Waals surface area (Å²) in [5, 5.41) is 11.5. The van der Waals surface area contributed by atoms with Crippen LogP contribution in [0, 0.1) is 11.3 Å². The van der Waals surface area contributed by atoms with Crippen molar-refractivity contribution in [1.29, 1.82) is 5.26 Å². The first-order valence-corrected chi connectivity index (χ1v) is 6.72. The normalized spacial score (nSPS) is 10.2. The summed E-state index contributed by atoms with van der Waals surface area (Å²) in [5.41, 5.74) is 1.33. The fourth-order valence-corrected chi connectivity index (χ4v) is 1.76. The van der Waals surface area contributed by atoms with E-state index in [-0.39, 0.29) is 5.91 Å². The van der Waals surface area contributed by atoms with Gasteiger partial charge >= 0.3 is 0 Å². The van der Waals surface area contributed by atoms with Gasteiger partial charge in [0.25, 0.3) is 0 Å². The molecule has 0 aromatic heterocycles. The van der Waals surface area contributed by atoms with Crippen molar-refractivity contribution in [3.8, 4) is 6.07 Å². The van der Waals surface area contributed by atoms with Crippen LogP contribution >= 0.6 is 0 Å². The zero-order valence-electron chi connectivity index (χ0n) is 11.6. The summed E-state index contributed by atoms with van der Waals surface area (Å²) in [7, 11) is 0. The van der Waals surface area contributed by atoms with Crippen molar-refractivity contribution in [2.45, 2.75) is 26.7 Å². The first-order chi connectivity index (χ1) is 9.19. The smallest absolute Gasteiger partial charge is 0.238 e. The van der Waals surface area contributed by atoms with Gasteiger partial charge in [0.2, 0.25) is 5.91 Å². The zero-order chi connectivity index (χ0) is 14.1. The Hall–Kier alpha value is -1.86. The maximum Gasteiger partial charge on any atom is 0.238 e. The van der Waals surface area contributed by atoms with Gasteiger partial charge in [-0.1, -0.05) is 20.3 Å². The minimum Gasteiger partial charge on any atom is -0.325 e. The number of unbranched alkanes of at least 4 members (excludes halogenated alkanes) is 1. The maximum atomic E-state index is 11.9. The molecular weight excluding hydrogens is 238 g/mol. The van der Waals surface area contributed by atoms with Crippen LogP contribution in [-0.2, 0) is 4.79 Å². The van der Waals surface area contributed by atoms with Gasteiger partial charge < -0.3 is 5.32 Å². The second-order valence-electron chi connectivity index (χ2n) is 4.46. The standard InChI is InChI=1S/C15H21N3O/c1-3-5-10-18(4-2)12-15(19)17-14-8-6-13(11-16)7-9-14/h6-9H,3-5,10,12H2,1-2H3,(H,17,19). The van der Waals surface area contributed by atoms with Crippen LogP contribution < -0.4 is 5.32 Å². The number of benzene rings is 1. The van der Waals surface area contributed by atoms with Crippen LogP contribution in [0.4, 0.5) is 5.69 Å². The van der Waals surface area contributed by atoms with Gasteiger partial charge in [-0.25, -0.2) is 0 Å². The number of likely N-dealkylation sites (N-methyl/N-ethyl adjacent to an activating group) is 1. The van der Waals surface area contributed by atoms with E-state index < -0.39 is 0 Å². The van der Waals surface area contributed by atoms with Gasteiger partial charge in [-0.15, -0.1) is 0 Å². The zero-order valence-corrected chi connectivity index (χ0v) is 11.6. The quantitative estimate of drug-likeness (QED) is 0.819. The van der Waals surface area contributed by atoms with E-state index in [1.165, 1.54) is 0 Å². The highest BCUT2D eigenvalue weighted by Gasteiger charge is 2.08. The number of rotatable bonds is 7. The molecular formula is C15H21N3O. The van der Waals surface area contributed by atoms with Crippen LogP contribution in [0.15, 0.2) is 24.3 Å². The van der Waals surface area contributed by atoms with Gasteiger partial charge in [0.1, 0.15) is 0 Å². The second-order valence-corrected chi connectivity index (χ2v) is 4.46. The number of anilines is 1. The van der Waals surface area contributed by atoms with E-state index in [0.29, 0.717) is 12.1 Å². The van der Waals surface area contributed by atoms with Crippen LogP contribution in [0.2, 0.25) is 0 Å². The van der Waals surface area contributed by atoms with E-state index >= 15 is 0 Å². The molecule has 0 aliphatic rings. The third-order valence-electron chi connectivity index (χ3n) is 2.94. The lowest BCUT2D eigenvalue weighted by Gasteiger charge is -2.19. The molecule has 0 radical (unpaired) electrons. The summed E-state index contributed by atoms with van der Waals surface area (Å²) < 4.78 is 0. The summed E-state index contributed by atoms with van der Waals surface area (Å²) in [6, 6.07) is 8.95. The number of hydrogen-bond acceptors (Lipinski definition) is 3. The first kappa shape index (κ1) is 15.2. The van der Waals surface area contributed by atoms with Crippen molar-refractivity contribution in [2.75, 3.05) is 25.0 Å². The van der Waals surface area contributed by atoms with Crippen molar-refractivity contribution in [3.63, 3.8) is 0 Å². The van der Waals surface area contributed by atoms with Crippen LogP contribution in [0.5, 0.6) is 0 Å². The largest absolute Gasteiger partial charge is 0.325 e. The first-order valence-electron chi connectivity index (χ1n) is 6.72. The van der Waals surface area contributed by atoms with Gasteiger partial charge in [0, 0.05) is 5.69 Å². The second kappa shape index (κ2) is 8.28. The van der Waals surface area contributed by atoms with E-state index in [4.69, 9.17) is 5.26 Å². The summed E-state index contributed by atoms with van der Waals surface area (Å²) in [6.07, 6.45) is 2.24. The highest BCUT2D eigenvalue weighted by atomic mass is 16.2. The van der Waals surface area contributed by atoms with E-state index in [1.807, 2.05) is 0 Å². The lowest BCUT2D eigenvalue weighted by Crippen LogP contribution is -2.33. The Morgan fingerprint density at radius 3 is 2.53 bits per heavy atom. The minimum atomic E-state index is -0.0114. The van der Waals surface area contributed by atoms with Gasteiger partial charge in [-0.3, -0.25) is 9.69 Å². The summed E-state index contributed by atoms with van der Waals surface area (Å²) in [5.74, 6) is -0.0114. The molecule has 1 rings (SSSR count). The van der Waals surface area contributed by atoms with E-state index in [1.54, 1.807) is 24.3 Å². The lowest BCUT2D eigenvalue weighted by molar-refractivity contribution is -0.117. The molecule has 0 bridgehead atoms. The van der Waals surface area contributed by atoms with Crippen LogP contribution in [0.25, 0.3) is 0 Å². The van der Waals surface area contributed by atoms with E-state index in [9.17, 15) is 4.79 Å². The maximum absolute atomic E-state index is 11.9. The number of carbonyl (C=O) groups excluding carboxylic acids is 1. The number of carbonyl (C=O) groups is 1.